The van der Waals surface area contributed by atoms with Gasteiger partial charge in [-0.2, -0.15) is 0 Å². The number of para-hydroxylation sites is 1. The Balaban J connectivity index is 2.04. The van der Waals surface area contributed by atoms with Gasteiger partial charge in [0, 0.05) is 4.47 Å². The van der Waals surface area contributed by atoms with Crippen molar-refractivity contribution in [3.63, 3.8) is 0 Å². The lowest BCUT2D eigenvalue weighted by Gasteiger charge is -2.41. The van der Waals surface area contributed by atoms with Gasteiger partial charge in [-0.1, -0.05) is 6.07 Å². The summed E-state index contributed by atoms with van der Waals surface area (Å²) in [5.41, 5.74) is -0.678. The molecule has 0 spiro atoms. The molecular formula is C13H14BrFN2O3. The number of carboxylic acid groups (broad SMARTS) is 1. The zero-order valence-corrected chi connectivity index (χ0v) is 12.2. The highest BCUT2D eigenvalue weighted by Gasteiger charge is 2.40. The van der Waals surface area contributed by atoms with Crippen LogP contribution in [0.4, 0.5) is 14.9 Å². The molecule has 0 heterocycles. The van der Waals surface area contributed by atoms with E-state index < -0.39 is 23.4 Å². The number of carbonyl (C=O) groups is 2. The highest BCUT2D eigenvalue weighted by atomic mass is 79.9. The van der Waals surface area contributed by atoms with Crippen molar-refractivity contribution >= 4 is 33.6 Å². The number of rotatable bonds is 4. The van der Waals surface area contributed by atoms with Crippen LogP contribution in [0.1, 0.15) is 25.7 Å². The van der Waals surface area contributed by atoms with Gasteiger partial charge in [0.1, 0.15) is 5.82 Å². The summed E-state index contributed by atoms with van der Waals surface area (Å²) in [6.45, 7) is 0. The predicted octanol–water partition coefficient (Wildman–Crippen LogP) is 3.11. The Hall–Kier alpha value is -1.63. The van der Waals surface area contributed by atoms with Crippen molar-refractivity contribution in [2.75, 3.05) is 5.32 Å². The molecule has 1 aromatic carbocycles. The number of hydrogen-bond acceptors (Lipinski definition) is 2. The number of hydrogen-bond donors (Lipinski definition) is 3. The third kappa shape index (κ3) is 3.27. The molecule has 7 heteroatoms. The largest absolute Gasteiger partial charge is 0.481 e. The third-order valence-corrected chi connectivity index (χ3v) is 4.04. The van der Waals surface area contributed by atoms with Crippen molar-refractivity contribution in [1.82, 2.24) is 5.32 Å². The standard InChI is InChI=1S/C13H14BrFN2O3/c14-8-3-1-4-9(15)11(8)16-12(20)17-13(5-2-6-13)7-10(18)19/h1,3-4H,2,5-7H2,(H,18,19)(H2,16,17,20). The van der Waals surface area contributed by atoms with Gasteiger partial charge < -0.3 is 15.7 Å². The molecular weight excluding hydrogens is 331 g/mol. The van der Waals surface area contributed by atoms with Gasteiger partial charge in [0.2, 0.25) is 0 Å². The maximum Gasteiger partial charge on any atom is 0.319 e. The summed E-state index contributed by atoms with van der Waals surface area (Å²) in [7, 11) is 0. The molecule has 0 radical (unpaired) electrons. The zero-order valence-electron chi connectivity index (χ0n) is 10.6. The van der Waals surface area contributed by atoms with Crippen LogP contribution in [-0.4, -0.2) is 22.6 Å². The van der Waals surface area contributed by atoms with Gasteiger partial charge in [0.05, 0.1) is 17.6 Å². The van der Waals surface area contributed by atoms with E-state index in [-0.39, 0.29) is 12.1 Å². The van der Waals surface area contributed by atoms with Crippen LogP contribution in [0.5, 0.6) is 0 Å². The summed E-state index contributed by atoms with van der Waals surface area (Å²) in [6.07, 6.45) is 1.98. The number of halogens is 2. The molecule has 0 bridgehead atoms. The minimum absolute atomic E-state index is 0.0369. The summed E-state index contributed by atoms with van der Waals surface area (Å²) in [4.78, 5) is 22.7. The molecule has 1 aliphatic carbocycles. The molecule has 108 valence electrons. The van der Waals surface area contributed by atoms with Crippen molar-refractivity contribution in [1.29, 1.82) is 0 Å². The second-order valence-electron chi connectivity index (χ2n) is 4.88. The Kier molecular flexibility index (Phi) is 4.27. The zero-order chi connectivity index (χ0) is 14.8. The molecule has 0 saturated heterocycles. The van der Waals surface area contributed by atoms with Crippen LogP contribution < -0.4 is 10.6 Å². The first kappa shape index (κ1) is 14.8. The van der Waals surface area contributed by atoms with Gasteiger partial charge in [-0.3, -0.25) is 4.79 Å². The van der Waals surface area contributed by atoms with Gasteiger partial charge in [-0.05, 0) is 47.3 Å². The van der Waals surface area contributed by atoms with Crippen molar-refractivity contribution in [2.45, 2.75) is 31.2 Å². The molecule has 0 aliphatic heterocycles. The second kappa shape index (κ2) is 5.78. The molecule has 2 rings (SSSR count). The topological polar surface area (TPSA) is 78.4 Å². The Bertz CT molecular complexity index is 526. The normalized spacial score (nSPS) is 16.1. The molecule has 3 N–H and O–H groups in total. The lowest BCUT2D eigenvalue weighted by molar-refractivity contribution is -0.139. The van der Waals surface area contributed by atoms with Crippen LogP contribution in [-0.2, 0) is 4.79 Å². The molecule has 2 amide bonds. The monoisotopic (exact) mass is 344 g/mol. The van der Waals surface area contributed by atoms with Gasteiger partial charge in [0.15, 0.2) is 0 Å². The van der Waals surface area contributed by atoms with E-state index in [0.717, 1.165) is 6.42 Å². The minimum atomic E-state index is -0.961. The van der Waals surface area contributed by atoms with Crippen molar-refractivity contribution < 1.29 is 19.1 Å². The second-order valence-corrected chi connectivity index (χ2v) is 5.73. The highest BCUT2D eigenvalue weighted by molar-refractivity contribution is 9.10. The van der Waals surface area contributed by atoms with E-state index in [1.165, 1.54) is 12.1 Å². The van der Waals surface area contributed by atoms with Crippen LogP contribution in [0.25, 0.3) is 0 Å². The third-order valence-electron chi connectivity index (χ3n) is 3.38. The Morgan fingerprint density at radius 1 is 1.40 bits per heavy atom. The fraction of sp³-hybridized carbons (Fsp3) is 0.385. The van der Waals surface area contributed by atoms with Crippen LogP contribution in [0, 0.1) is 5.82 Å². The molecule has 1 aliphatic rings. The van der Waals surface area contributed by atoms with Crippen LogP contribution >= 0.6 is 15.9 Å². The van der Waals surface area contributed by atoms with Crippen LogP contribution in [0.3, 0.4) is 0 Å². The van der Waals surface area contributed by atoms with E-state index in [1.54, 1.807) is 6.07 Å². The smallest absolute Gasteiger partial charge is 0.319 e. The number of anilines is 1. The summed E-state index contributed by atoms with van der Waals surface area (Å²) < 4.78 is 14.0. The molecule has 1 fully saturated rings. The SMILES string of the molecule is O=C(O)CC1(NC(=O)Nc2c(F)cccc2Br)CCC1. The molecule has 1 saturated carbocycles. The fourth-order valence-corrected chi connectivity index (χ4v) is 2.68. The quantitative estimate of drug-likeness (QED) is 0.785. The van der Waals surface area contributed by atoms with E-state index in [4.69, 9.17) is 5.11 Å². The summed E-state index contributed by atoms with van der Waals surface area (Å²) in [5.74, 6) is -1.52. The van der Waals surface area contributed by atoms with Crippen LogP contribution in [0.15, 0.2) is 22.7 Å². The maximum atomic E-state index is 13.6. The Labute approximate surface area is 123 Å². The lowest BCUT2D eigenvalue weighted by Crippen LogP contribution is -2.55. The van der Waals surface area contributed by atoms with Gasteiger partial charge in [0.25, 0.3) is 0 Å². The van der Waals surface area contributed by atoms with Crippen molar-refractivity contribution in [3.05, 3.63) is 28.5 Å². The molecule has 0 atom stereocenters. The maximum absolute atomic E-state index is 13.6. The van der Waals surface area contributed by atoms with E-state index in [0.29, 0.717) is 17.3 Å². The summed E-state index contributed by atoms with van der Waals surface area (Å²) >= 11 is 3.15. The van der Waals surface area contributed by atoms with Crippen molar-refractivity contribution in [2.24, 2.45) is 0 Å². The number of carboxylic acids is 1. The first-order chi connectivity index (χ1) is 9.42. The number of nitrogens with one attached hydrogen (secondary N) is 2. The van der Waals surface area contributed by atoms with Gasteiger partial charge in [-0.15, -0.1) is 0 Å². The number of benzene rings is 1. The van der Waals surface area contributed by atoms with E-state index in [1.807, 2.05) is 0 Å². The molecule has 5 nitrogen and oxygen atoms in total. The first-order valence-electron chi connectivity index (χ1n) is 6.17. The average molecular weight is 345 g/mol. The predicted molar refractivity (Wildman–Crippen MR) is 75.1 cm³/mol. The number of amides is 2. The van der Waals surface area contributed by atoms with Gasteiger partial charge >= 0.3 is 12.0 Å². The minimum Gasteiger partial charge on any atom is -0.481 e. The van der Waals surface area contributed by atoms with E-state index >= 15 is 0 Å². The van der Waals surface area contributed by atoms with E-state index in [2.05, 4.69) is 26.6 Å². The molecule has 0 aromatic heterocycles. The molecule has 0 unspecified atom stereocenters. The Morgan fingerprint density at radius 2 is 2.10 bits per heavy atom. The van der Waals surface area contributed by atoms with Gasteiger partial charge in [-0.25, -0.2) is 9.18 Å². The highest BCUT2D eigenvalue weighted by Crippen LogP contribution is 2.35. The number of aliphatic carboxylic acids is 1. The van der Waals surface area contributed by atoms with Crippen molar-refractivity contribution in [3.8, 4) is 0 Å². The first-order valence-corrected chi connectivity index (χ1v) is 6.96. The van der Waals surface area contributed by atoms with Crippen LogP contribution in [0.2, 0.25) is 0 Å². The average Bonchev–Trinajstić information content (AvgIpc) is 2.30. The fourth-order valence-electron chi connectivity index (χ4n) is 2.24. The number of carbonyl (C=O) groups excluding carboxylic acids is 1. The summed E-state index contributed by atoms with van der Waals surface area (Å²) in [5, 5.41) is 13.9. The molecule has 1 aromatic rings. The van der Waals surface area contributed by atoms with E-state index in [9.17, 15) is 14.0 Å². The summed E-state index contributed by atoms with van der Waals surface area (Å²) in [6, 6.07) is 3.75. The lowest BCUT2D eigenvalue weighted by atomic mass is 9.74. The Morgan fingerprint density at radius 3 is 2.60 bits per heavy atom. The number of urea groups is 1. The molecule has 20 heavy (non-hydrogen) atoms.